The normalized spacial score (nSPS) is 11.9. The van der Waals surface area contributed by atoms with Gasteiger partial charge in [0, 0.05) is 23.3 Å². The Labute approximate surface area is 178 Å². The van der Waals surface area contributed by atoms with E-state index in [0.717, 1.165) is 45.8 Å². The first kappa shape index (κ1) is 21.4. The molecule has 0 unspecified atom stereocenters. The highest BCUT2D eigenvalue weighted by molar-refractivity contribution is 7.92. The standard InChI is InChI=1S/C20H19N5O3S2/c1-12-6-5-7-17(8-12)25-13(2)9-15(14(25)3)10-16(11-21)18(26)22-19-23-24-20(29-19)30(4,27)28/h5-10H,1-4H3,(H,22,23,26). The number of amides is 1. The fraction of sp³-hybridized carbons (Fsp3) is 0.200. The second-order valence-corrected chi connectivity index (χ2v) is 9.94. The average Bonchev–Trinajstić information content (AvgIpc) is 3.24. The molecule has 1 amide bonds. The van der Waals surface area contributed by atoms with Crippen LogP contribution in [0.5, 0.6) is 0 Å². The van der Waals surface area contributed by atoms with E-state index in [1.54, 1.807) is 0 Å². The number of carbonyl (C=O) groups is 1. The van der Waals surface area contributed by atoms with Crippen molar-refractivity contribution < 1.29 is 13.2 Å². The molecule has 0 saturated heterocycles. The summed E-state index contributed by atoms with van der Waals surface area (Å²) in [5.74, 6) is -0.686. The topological polar surface area (TPSA) is 118 Å². The SMILES string of the molecule is Cc1cccc(-n2c(C)cc(C=C(C#N)C(=O)Nc3nnc(S(C)(=O)=O)s3)c2C)c1. The number of hydrogen-bond acceptors (Lipinski definition) is 7. The molecule has 2 heterocycles. The van der Waals surface area contributed by atoms with Crippen LogP contribution in [0.15, 0.2) is 40.2 Å². The number of nitrogens with one attached hydrogen (secondary N) is 1. The van der Waals surface area contributed by atoms with E-state index in [4.69, 9.17) is 0 Å². The summed E-state index contributed by atoms with van der Waals surface area (Å²) < 4.78 is 24.8. The number of sulfone groups is 1. The second kappa shape index (κ2) is 8.22. The number of carbonyl (C=O) groups excluding carboxylic acids is 1. The first-order valence-electron chi connectivity index (χ1n) is 8.83. The first-order chi connectivity index (χ1) is 14.1. The van der Waals surface area contributed by atoms with Crippen molar-refractivity contribution in [1.82, 2.24) is 14.8 Å². The number of aromatic nitrogens is 3. The third kappa shape index (κ3) is 4.48. The minimum atomic E-state index is -3.52. The van der Waals surface area contributed by atoms with E-state index in [-0.39, 0.29) is 15.0 Å². The molecule has 0 aliphatic rings. The Kier molecular flexibility index (Phi) is 5.87. The Hall–Kier alpha value is -3.29. The van der Waals surface area contributed by atoms with Gasteiger partial charge >= 0.3 is 0 Å². The molecule has 0 aliphatic heterocycles. The molecule has 0 fully saturated rings. The van der Waals surface area contributed by atoms with Crippen LogP contribution in [-0.4, -0.2) is 35.3 Å². The van der Waals surface area contributed by atoms with Crippen LogP contribution in [-0.2, 0) is 14.6 Å². The van der Waals surface area contributed by atoms with Crippen LogP contribution >= 0.6 is 11.3 Å². The molecule has 0 spiro atoms. The van der Waals surface area contributed by atoms with Gasteiger partial charge in [0.1, 0.15) is 11.6 Å². The third-order valence-electron chi connectivity index (χ3n) is 4.34. The predicted molar refractivity (Wildman–Crippen MR) is 115 cm³/mol. The highest BCUT2D eigenvalue weighted by Gasteiger charge is 2.18. The van der Waals surface area contributed by atoms with Gasteiger partial charge in [0.05, 0.1) is 0 Å². The van der Waals surface area contributed by atoms with Crippen molar-refractivity contribution in [3.63, 3.8) is 0 Å². The quantitative estimate of drug-likeness (QED) is 0.369. The largest absolute Gasteiger partial charge is 0.318 e. The fourth-order valence-electron chi connectivity index (χ4n) is 2.98. The third-order valence-corrected chi connectivity index (χ3v) is 6.85. The van der Waals surface area contributed by atoms with Crippen molar-refractivity contribution in [2.75, 3.05) is 11.6 Å². The first-order valence-corrected chi connectivity index (χ1v) is 11.5. The fourth-order valence-corrected chi connectivity index (χ4v) is 4.48. The van der Waals surface area contributed by atoms with Gasteiger partial charge in [0.2, 0.25) is 19.3 Å². The molecular formula is C20H19N5O3S2. The summed E-state index contributed by atoms with van der Waals surface area (Å²) in [6.45, 7) is 5.88. The van der Waals surface area contributed by atoms with E-state index in [0.29, 0.717) is 0 Å². The summed E-state index contributed by atoms with van der Waals surface area (Å²) in [6, 6.07) is 11.8. The molecular weight excluding hydrogens is 422 g/mol. The van der Waals surface area contributed by atoms with Gasteiger partial charge in [-0.15, -0.1) is 10.2 Å². The molecule has 30 heavy (non-hydrogen) atoms. The molecule has 154 valence electrons. The maximum Gasteiger partial charge on any atom is 0.268 e. The Morgan fingerprint density at radius 2 is 1.97 bits per heavy atom. The Bertz CT molecular complexity index is 1310. The minimum Gasteiger partial charge on any atom is -0.318 e. The van der Waals surface area contributed by atoms with Crippen LogP contribution in [0.4, 0.5) is 5.13 Å². The van der Waals surface area contributed by atoms with E-state index in [9.17, 15) is 18.5 Å². The summed E-state index contributed by atoms with van der Waals surface area (Å²) >= 11 is 0.728. The van der Waals surface area contributed by atoms with Crippen molar-refractivity contribution in [3.8, 4) is 11.8 Å². The Balaban J connectivity index is 1.91. The number of nitriles is 1. The zero-order valence-electron chi connectivity index (χ0n) is 16.8. The van der Waals surface area contributed by atoms with Gasteiger partial charge in [0.15, 0.2) is 0 Å². The molecule has 1 aromatic carbocycles. The lowest BCUT2D eigenvalue weighted by Gasteiger charge is -2.10. The maximum absolute atomic E-state index is 12.5. The summed E-state index contributed by atoms with van der Waals surface area (Å²) in [4.78, 5) is 12.5. The lowest BCUT2D eigenvalue weighted by Crippen LogP contribution is -2.13. The van der Waals surface area contributed by atoms with E-state index in [2.05, 4.69) is 26.1 Å². The monoisotopic (exact) mass is 441 g/mol. The number of nitrogens with zero attached hydrogens (tertiary/aromatic N) is 4. The van der Waals surface area contributed by atoms with Crippen molar-refractivity contribution >= 4 is 38.3 Å². The van der Waals surface area contributed by atoms with Crippen LogP contribution in [0.3, 0.4) is 0 Å². The summed E-state index contributed by atoms with van der Waals surface area (Å²) in [5, 5.41) is 19.1. The summed E-state index contributed by atoms with van der Waals surface area (Å²) in [6.07, 6.45) is 2.51. The molecule has 0 radical (unpaired) electrons. The Morgan fingerprint density at radius 3 is 2.57 bits per heavy atom. The summed E-state index contributed by atoms with van der Waals surface area (Å²) in [7, 11) is -3.52. The van der Waals surface area contributed by atoms with E-state index < -0.39 is 15.7 Å². The van der Waals surface area contributed by atoms with Crippen LogP contribution in [0.2, 0.25) is 0 Å². The molecule has 0 bridgehead atoms. The molecule has 0 saturated carbocycles. The molecule has 3 rings (SSSR count). The smallest absolute Gasteiger partial charge is 0.268 e. The van der Waals surface area contributed by atoms with Gasteiger partial charge in [-0.05, 0) is 56.2 Å². The number of hydrogen-bond donors (Lipinski definition) is 1. The van der Waals surface area contributed by atoms with Gasteiger partial charge < -0.3 is 4.57 Å². The lowest BCUT2D eigenvalue weighted by atomic mass is 10.1. The molecule has 1 N–H and O–H groups in total. The van der Waals surface area contributed by atoms with Crippen LogP contribution < -0.4 is 5.32 Å². The van der Waals surface area contributed by atoms with Crippen LogP contribution in [0, 0.1) is 32.1 Å². The molecule has 10 heteroatoms. The highest BCUT2D eigenvalue weighted by Crippen LogP contribution is 2.24. The van der Waals surface area contributed by atoms with Gasteiger partial charge in [0.25, 0.3) is 5.91 Å². The average molecular weight is 442 g/mol. The number of rotatable bonds is 5. The van der Waals surface area contributed by atoms with E-state index >= 15 is 0 Å². The molecule has 2 aromatic heterocycles. The van der Waals surface area contributed by atoms with Gasteiger partial charge in [-0.3, -0.25) is 10.1 Å². The second-order valence-electron chi connectivity index (χ2n) is 6.77. The maximum atomic E-state index is 12.5. The highest BCUT2D eigenvalue weighted by atomic mass is 32.2. The molecule has 0 aliphatic carbocycles. The minimum absolute atomic E-state index is 0.00630. The van der Waals surface area contributed by atoms with E-state index in [1.165, 1.54) is 6.08 Å². The zero-order chi connectivity index (χ0) is 22.1. The molecule has 8 nitrogen and oxygen atoms in total. The molecule has 3 aromatic rings. The predicted octanol–water partition coefficient (Wildman–Crippen LogP) is 3.20. The van der Waals surface area contributed by atoms with E-state index in [1.807, 2.05) is 51.1 Å². The van der Waals surface area contributed by atoms with Crippen LogP contribution in [0.1, 0.15) is 22.5 Å². The number of benzene rings is 1. The van der Waals surface area contributed by atoms with Crippen molar-refractivity contribution in [3.05, 3.63) is 58.4 Å². The Morgan fingerprint density at radius 1 is 1.23 bits per heavy atom. The zero-order valence-corrected chi connectivity index (χ0v) is 18.4. The van der Waals surface area contributed by atoms with Crippen molar-refractivity contribution in [1.29, 1.82) is 5.26 Å². The number of aryl methyl sites for hydroxylation is 2. The van der Waals surface area contributed by atoms with Gasteiger partial charge in [-0.2, -0.15) is 5.26 Å². The van der Waals surface area contributed by atoms with Gasteiger partial charge in [-0.25, -0.2) is 8.42 Å². The summed E-state index contributed by atoms with van der Waals surface area (Å²) in [5.41, 5.74) is 4.57. The van der Waals surface area contributed by atoms with Crippen LogP contribution in [0.25, 0.3) is 11.8 Å². The van der Waals surface area contributed by atoms with Gasteiger partial charge in [-0.1, -0.05) is 23.5 Å². The van der Waals surface area contributed by atoms with Crippen molar-refractivity contribution in [2.24, 2.45) is 0 Å². The molecule has 0 atom stereocenters. The lowest BCUT2D eigenvalue weighted by molar-refractivity contribution is -0.112. The number of anilines is 1. The van der Waals surface area contributed by atoms with Crippen molar-refractivity contribution in [2.45, 2.75) is 25.1 Å².